The van der Waals surface area contributed by atoms with Crippen LogP contribution in [0.3, 0.4) is 0 Å². The Balaban J connectivity index is 2.52. The summed E-state index contributed by atoms with van der Waals surface area (Å²) in [6.07, 6.45) is 4.20. The van der Waals surface area contributed by atoms with Gasteiger partial charge < -0.3 is 4.42 Å². The Morgan fingerprint density at radius 3 is 2.53 bits per heavy atom. The van der Waals surface area contributed by atoms with Crippen molar-refractivity contribution in [3.63, 3.8) is 0 Å². The minimum Gasteiger partial charge on any atom is -0.427 e. The summed E-state index contributed by atoms with van der Waals surface area (Å²) in [6, 6.07) is 0. The van der Waals surface area contributed by atoms with Gasteiger partial charge in [0.05, 0.1) is 19.0 Å². The summed E-state index contributed by atoms with van der Waals surface area (Å²) in [6.45, 7) is 4.01. The zero-order chi connectivity index (χ0) is 12.6. The molecule has 0 spiro atoms. The fourth-order valence-electron chi connectivity index (χ4n) is 0.793. The van der Waals surface area contributed by atoms with Crippen molar-refractivity contribution < 1.29 is 18.0 Å². The number of nitrogens with zero attached hydrogens (tertiary/aromatic N) is 2. The Labute approximate surface area is 103 Å². The standard InChI is InChI=1S/C9H13N2O4PS/c1-3-5-14-16(12,15-6-4-2)17-7-9-11-10-8-13-9/h3-4,8H,1-2,5-7H2. The average Bonchev–Trinajstić information content (AvgIpc) is 2.85. The van der Waals surface area contributed by atoms with Crippen LogP contribution in [0.2, 0.25) is 0 Å². The number of hydrogen-bond acceptors (Lipinski definition) is 7. The van der Waals surface area contributed by atoms with Crippen molar-refractivity contribution in [1.29, 1.82) is 0 Å². The highest BCUT2D eigenvalue weighted by Crippen LogP contribution is 2.61. The van der Waals surface area contributed by atoms with E-state index in [0.29, 0.717) is 5.89 Å². The Morgan fingerprint density at radius 2 is 2.06 bits per heavy atom. The Hall–Kier alpha value is -0.880. The maximum absolute atomic E-state index is 12.2. The first-order valence-corrected chi connectivity index (χ1v) is 7.84. The van der Waals surface area contributed by atoms with E-state index in [9.17, 15) is 4.57 Å². The van der Waals surface area contributed by atoms with Crippen molar-refractivity contribution >= 4 is 18.2 Å². The zero-order valence-electron chi connectivity index (χ0n) is 9.15. The Kier molecular flexibility index (Phi) is 6.21. The predicted octanol–water partition coefficient (Wildman–Crippen LogP) is 2.82. The summed E-state index contributed by atoms with van der Waals surface area (Å²) < 4.78 is 27.3. The molecule has 1 aromatic rings. The molecule has 6 nitrogen and oxygen atoms in total. The van der Waals surface area contributed by atoms with E-state index in [-0.39, 0.29) is 19.0 Å². The van der Waals surface area contributed by atoms with E-state index in [1.54, 1.807) is 0 Å². The molecule has 0 fully saturated rings. The quantitative estimate of drug-likeness (QED) is 0.507. The second-order valence-electron chi connectivity index (χ2n) is 2.72. The molecule has 0 radical (unpaired) electrons. The first kappa shape index (κ1) is 14.2. The third-order valence-corrected chi connectivity index (χ3v) is 5.04. The molecule has 0 aliphatic rings. The van der Waals surface area contributed by atoms with Gasteiger partial charge in [-0.1, -0.05) is 12.2 Å². The first-order chi connectivity index (χ1) is 8.20. The molecule has 0 saturated heterocycles. The lowest BCUT2D eigenvalue weighted by Crippen LogP contribution is -1.94. The van der Waals surface area contributed by atoms with Gasteiger partial charge in [-0.15, -0.1) is 23.4 Å². The smallest absolute Gasteiger partial charge is 0.390 e. The molecule has 0 aromatic carbocycles. The monoisotopic (exact) mass is 276 g/mol. The lowest BCUT2D eigenvalue weighted by atomic mass is 10.7. The fraction of sp³-hybridized carbons (Fsp3) is 0.333. The SMILES string of the molecule is C=CCOP(=O)(OCC=C)SCc1nnco1. The maximum atomic E-state index is 12.2. The molecule has 1 heterocycles. The van der Waals surface area contributed by atoms with Gasteiger partial charge in [-0.3, -0.25) is 9.05 Å². The third kappa shape index (κ3) is 5.32. The zero-order valence-corrected chi connectivity index (χ0v) is 10.9. The lowest BCUT2D eigenvalue weighted by Gasteiger charge is -2.14. The van der Waals surface area contributed by atoms with Crippen LogP contribution in [0.1, 0.15) is 5.89 Å². The first-order valence-electron chi connectivity index (χ1n) is 4.70. The molecule has 0 unspecified atom stereocenters. The third-order valence-electron chi connectivity index (χ3n) is 1.45. The molecule has 1 aromatic heterocycles. The van der Waals surface area contributed by atoms with E-state index >= 15 is 0 Å². The van der Waals surface area contributed by atoms with Crippen LogP contribution in [0.15, 0.2) is 36.1 Å². The van der Waals surface area contributed by atoms with Gasteiger partial charge in [-0.05, 0) is 11.4 Å². The van der Waals surface area contributed by atoms with Crippen LogP contribution < -0.4 is 0 Å². The van der Waals surface area contributed by atoms with E-state index in [2.05, 4.69) is 23.4 Å². The highest BCUT2D eigenvalue weighted by molar-refractivity contribution is 8.54. The molecule has 0 saturated carbocycles. The highest BCUT2D eigenvalue weighted by Gasteiger charge is 2.25. The van der Waals surface area contributed by atoms with Gasteiger partial charge in [0.15, 0.2) is 0 Å². The van der Waals surface area contributed by atoms with E-state index in [0.717, 1.165) is 11.4 Å². The summed E-state index contributed by atoms with van der Waals surface area (Å²) >= 11 is 0.981. The number of rotatable bonds is 9. The average molecular weight is 276 g/mol. The van der Waals surface area contributed by atoms with Gasteiger partial charge in [0.1, 0.15) is 0 Å². The molecule has 8 heteroatoms. The molecule has 0 amide bonds. The van der Waals surface area contributed by atoms with Gasteiger partial charge in [0.2, 0.25) is 12.3 Å². The molecule has 94 valence electrons. The predicted molar refractivity (Wildman–Crippen MR) is 65.5 cm³/mol. The van der Waals surface area contributed by atoms with E-state index < -0.39 is 6.80 Å². The van der Waals surface area contributed by atoms with Crippen LogP contribution >= 0.6 is 18.2 Å². The lowest BCUT2D eigenvalue weighted by molar-refractivity contribution is 0.254. The topological polar surface area (TPSA) is 74.5 Å². The number of aromatic nitrogens is 2. The van der Waals surface area contributed by atoms with E-state index in [4.69, 9.17) is 13.5 Å². The molecule has 0 bridgehead atoms. The molecule has 0 atom stereocenters. The molecular weight excluding hydrogens is 263 g/mol. The van der Waals surface area contributed by atoms with E-state index in [1.165, 1.54) is 18.5 Å². The van der Waals surface area contributed by atoms with Gasteiger partial charge in [0, 0.05) is 0 Å². The highest BCUT2D eigenvalue weighted by atomic mass is 32.7. The van der Waals surface area contributed by atoms with Gasteiger partial charge in [-0.25, -0.2) is 4.57 Å². The second-order valence-corrected chi connectivity index (χ2v) is 6.80. The molecule has 17 heavy (non-hydrogen) atoms. The van der Waals surface area contributed by atoms with Crippen LogP contribution in [0.4, 0.5) is 0 Å². The van der Waals surface area contributed by atoms with Crippen molar-refractivity contribution in [2.45, 2.75) is 5.75 Å². The van der Waals surface area contributed by atoms with Crippen LogP contribution in [-0.2, 0) is 19.4 Å². The summed E-state index contributed by atoms with van der Waals surface area (Å²) in [4.78, 5) is 0. The number of hydrogen-bond donors (Lipinski definition) is 0. The minimum absolute atomic E-state index is 0.144. The summed E-state index contributed by atoms with van der Waals surface area (Å²) in [7, 11) is 0. The van der Waals surface area contributed by atoms with Crippen molar-refractivity contribution in [3.05, 3.63) is 37.6 Å². The molecule has 0 aliphatic carbocycles. The minimum atomic E-state index is -3.25. The largest absolute Gasteiger partial charge is 0.427 e. The van der Waals surface area contributed by atoms with Crippen molar-refractivity contribution in [1.82, 2.24) is 10.2 Å². The van der Waals surface area contributed by atoms with E-state index in [1.807, 2.05) is 0 Å². The van der Waals surface area contributed by atoms with Crippen LogP contribution in [0.5, 0.6) is 0 Å². The molecule has 1 rings (SSSR count). The Morgan fingerprint density at radius 1 is 1.41 bits per heavy atom. The fourth-order valence-corrected chi connectivity index (χ4v) is 3.60. The normalized spacial score (nSPS) is 11.3. The van der Waals surface area contributed by atoms with Crippen LogP contribution in [0.25, 0.3) is 0 Å². The maximum Gasteiger partial charge on any atom is 0.390 e. The van der Waals surface area contributed by atoms with Gasteiger partial charge in [0.25, 0.3) is 0 Å². The van der Waals surface area contributed by atoms with Crippen molar-refractivity contribution in [2.24, 2.45) is 0 Å². The van der Waals surface area contributed by atoms with Crippen LogP contribution in [-0.4, -0.2) is 23.4 Å². The molecule has 0 N–H and O–H groups in total. The van der Waals surface area contributed by atoms with Gasteiger partial charge >= 0.3 is 6.80 Å². The van der Waals surface area contributed by atoms with Crippen molar-refractivity contribution in [3.8, 4) is 0 Å². The second kappa shape index (κ2) is 7.45. The van der Waals surface area contributed by atoms with Gasteiger partial charge in [-0.2, -0.15) is 0 Å². The summed E-state index contributed by atoms with van der Waals surface area (Å²) in [5.41, 5.74) is 0. The molecule has 0 aliphatic heterocycles. The summed E-state index contributed by atoms with van der Waals surface area (Å²) in [5.74, 6) is 0.616. The summed E-state index contributed by atoms with van der Waals surface area (Å²) in [5, 5.41) is 7.18. The molecular formula is C9H13N2O4PS. The van der Waals surface area contributed by atoms with Crippen molar-refractivity contribution in [2.75, 3.05) is 13.2 Å². The Bertz CT molecular complexity index is 380. The van der Waals surface area contributed by atoms with Crippen LogP contribution in [0, 0.1) is 0 Å².